The van der Waals surface area contributed by atoms with Crippen LogP contribution < -0.4 is 16.0 Å². The molecule has 0 aliphatic carbocycles. The van der Waals surface area contributed by atoms with Gasteiger partial charge in [-0.15, -0.1) is 0 Å². The van der Waals surface area contributed by atoms with Gasteiger partial charge in [-0.2, -0.15) is 5.26 Å². The first-order chi connectivity index (χ1) is 13.5. The summed E-state index contributed by atoms with van der Waals surface area (Å²) in [5, 5.41) is 17.6. The lowest BCUT2D eigenvalue weighted by Crippen LogP contribution is -2.13. The lowest BCUT2D eigenvalue weighted by molar-refractivity contribution is -0.114. The highest BCUT2D eigenvalue weighted by molar-refractivity contribution is 6.04. The molecular weight excluding hydrogens is 354 g/mol. The summed E-state index contributed by atoms with van der Waals surface area (Å²) >= 11 is 0. The van der Waals surface area contributed by atoms with Crippen LogP contribution in [0.1, 0.15) is 22.8 Å². The summed E-state index contributed by atoms with van der Waals surface area (Å²) in [6.45, 7) is 1.44. The summed E-state index contributed by atoms with van der Waals surface area (Å²) in [6, 6.07) is 19.3. The second-order valence-corrected chi connectivity index (χ2v) is 5.93. The van der Waals surface area contributed by atoms with Gasteiger partial charge in [0.2, 0.25) is 5.91 Å². The molecule has 0 radical (unpaired) electrons. The molecule has 138 valence electrons. The first-order valence-electron chi connectivity index (χ1n) is 8.46. The molecule has 0 unspecified atom stereocenters. The first kappa shape index (κ1) is 18.6. The molecule has 3 aromatic rings. The van der Waals surface area contributed by atoms with Gasteiger partial charge in [0, 0.05) is 24.5 Å². The fraction of sp³-hybridized carbons (Fsp3) is 0.0476. The van der Waals surface area contributed by atoms with E-state index >= 15 is 0 Å². The highest BCUT2D eigenvalue weighted by Crippen LogP contribution is 2.20. The van der Waals surface area contributed by atoms with Gasteiger partial charge in [0.05, 0.1) is 16.8 Å². The molecule has 3 rings (SSSR count). The summed E-state index contributed by atoms with van der Waals surface area (Å²) in [4.78, 5) is 27.8. The third-order valence-electron chi connectivity index (χ3n) is 3.78. The number of carbonyl (C=O) groups excluding carboxylic acids is 2. The number of carbonyl (C=O) groups is 2. The van der Waals surface area contributed by atoms with E-state index in [0.717, 1.165) is 5.69 Å². The van der Waals surface area contributed by atoms with Gasteiger partial charge in [-0.05, 0) is 42.5 Å². The van der Waals surface area contributed by atoms with Crippen molar-refractivity contribution >= 4 is 34.7 Å². The molecule has 0 fully saturated rings. The number of pyridine rings is 1. The number of nitrogens with one attached hydrogen (secondary N) is 3. The van der Waals surface area contributed by atoms with Crippen LogP contribution in [0.25, 0.3) is 0 Å². The molecule has 28 heavy (non-hydrogen) atoms. The van der Waals surface area contributed by atoms with Crippen molar-refractivity contribution in [3.63, 3.8) is 0 Å². The number of aromatic nitrogens is 1. The van der Waals surface area contributed by atoms with E-state index in [-0.39, 0.29) is 11.8 Å². The largest absolute Gasteiger partial charge is 0.340 e. The number of rotatable bonds is 5. The summed E-state index contributed by atoms with van der Waals surface area (Å²) in [6.07, 6.45) is 1.45. The van der Waals surface area contributed by atoms with Gasteiger partial charge in [-0.3, -0.25) is 9.59 Å². The van der Waals surface area contributed by atoms with Crippen LogP contribution in [0.4, 0.5) is 22.9 Å². The highest BCUT2D eigenvalue weighted by atomic mass is 16.2. The number of para-hydroxylation sites is 1. The minimum Gasteiger partial charge on any atom is -0.340 e. The van der Waals surface area contributed by atoms with Crippen LogP contribution in [0, 0.1) is 11.3 Å². The predicted molar refractivity (Wildman–Crippen MR) is 107 cm³/mol. The summed E-state index contributed by atoms with van der Waals surface area (Å²) in [7, 11) is 0. The van der Waals surface area contributed by atoms with Gasteiger partial charge in [-0.25, -0.2) is 4.98 Å². The third kappa shape index (κ3) is 4.71. The standard InChI is InChI=1S/C21H17N5O2/c1-14(27)24-17-6-4-7-18(11-17)25-20-10-9-16(13-23-20)21(28)26-19-8-3-2-5-15(19)12-22/h2-11,13H,1H3,(H,23,25)(H,24,27)(H,26,28). The van der Waals surface area contributed by atoms with Gasteiger partial charge in [0.25, 0.3) is 5.91 Å². The molecule has 0 atom stereocenters. The monoisotopic (exact) mass is 371 g/mol. The van der Waals surface area contributed by atoms with Crippen molar-refractivity contribution in [3.05, 3.63) is 78.0 Å². The Labute approximate surface area is 162 Å². The smallest absolute Gasteiger partial charge is 0.257 e. The molecule has 1 aromatic heterocycles. The minimum atomic E-state index is -0.352. The molecule has 7 nitrogen and oxygen atoms in total. The average molecular weight is 371 g/mol. The average Bonchev–Trinajstić information content (AvgIpc) is 2.68. The molecule has 0 aliphatic heterocycles. The molecule has 2 amide bonds. The van der Waals surface area contributed by atoms with Crippen molar-refractivity contribution in [1.82, 2.24) is 4.98 Å². The van der Waals surface area contributed by atoms with Gasteiger partial charge < -0.3 is 16.0 Å². The van der Waals surface area contributed by atoms with Gasteiger partial charge in [0.15, 0.2) is 0 Å². The van der Waals surface area contributed by atoms with Crippen LogP contribution in [0.3, 0.4) is 0 Å². The quantitative estimate of drug-likeness (QED) is 0.630. The molecule has 0 spiro atoms. The van der Waals surface area contributed by atoms with Crippen molar-refractivity contribution in [2.75, 3.05) is 16.0 Å². The Bertz CT molecular complexity index is 1050. The van der Waals surface area contributed by atoms with Crippen molar-refractivity contribution in [1.29, 1.82) is 5.26 Å². The van der Waals surface area contributed by atoms with Crippen LogP contribution in [-0.2, 0) is 4.79 Å². The van der Waals surface area contributed by atoms with E-state index in [1.54, 1.807) is 48.5 Å². The molecule has 0 aliphatic rings. The highest BCUT2D eigenvalue weighted by Gasteiger charge is 2.09. The van der Waals surface area contributed by atoms with E-state index in [1.807, 2.05) is 18.2 Å². The van der Waals surface area contributed by atoms with E-state index in [4.69, 9.17) is 5.26 Å². The Hall–Kier alpha value is -4.18. The molecule has 3 N–H and O–H groups in total. The SMILES string of the molecule is CC(=O)Nc1cccc(Nc2ccc(C(=O)Nc3ccccc3C#N)cn2)c1. The van der Waals surface area contributed by atoms with Crippen LogP contribution in [-0.4, -0.2) is 16.8 Å². The Morgan fingerprint density at radius 2 is 1.75 bits per heavy atom. The summed E-state index contributed by atoms with van der Waals surface area (Å²) < 4.78 is 0. The zero-order valence-corrected chi connectivity index (χ0v) is 15.1. The van der Waals surface area contributed by atoms with Crippen molar-refractivity contribution in [3.8, 4) is 6.07 Å². The normalized spacial score (nSPS) is 9.86. The van der Waals surface area contributed by atoms with E-state index in [0.29, 0.717) is 28.3 Å². The van der Waals surface area contributed by atoms with Crippen LogP contribution in [0.15, 0.2) is 66.9 Å². The molecule has 2 aromatic carbocycles. The molecule has 0 saturated carbocycles. The molecule has 0 bridgehead atoms. The topological polar surface area (TPSA) is 107 Å². The Balaban J connectivity index is 1.69. The minimum absolute atomic E-state index is 0.149. The molecule has 1 heterocycles. The van der Waals surface area contributed by atoms with Gasteiger partial charge in [0.1, 0.15) is 11.9 Å². The number of amides is 2. The fourth-order valence-corrected chi connectivity index (χ4v) is 2.51. The maximum absolute atomic E-state index is 12.4. The molecular formula is C21H17N5O2. The van der Waals surface area contributed by atoms with Gasteiger partial charge in [-0.1, -0.05) is 18.2 Å². The zero-order chi connectivity index (χ0) is 19.9. The lowest BCUT2D eigenvalue weighted by Gasteiger charge is -2.09. The Kier molecular flexibility index (Phi) is 5.63. The van der Waals surface area contributed by atoms with Gasteiger partial charge >= 0.3 is 0 Å². The number of nitriles is 1. The Morgan fingerprint density at radius 1 is 0.964 bits per heavy atom. The maximum Gasteiger partial charge on any atom is 0.257 e. The van der Waals surface area contributed by atoms with Crippen LogP contribution >= 0.6 is 0 Å². The zero-order valence-electron chi connectivity index (χ0n) is 15.1. The number of nitrogens with zero attached hydrogens (tertiary/aromatic N) is 2. The number of hydrogen-bond donors (Lipinski definition) is 3. The maximum atomic E-state index is 12.4. The number of hydrogen-bond acceptors (Lipinski definition) is 5. The van der Waals surface area contributed by atoms with Crippen molar-refractivity contribution in [2.24, 2.45) is 0 Å². The molecule has 7 heteroatoms. The van der Waals surface area contributed by atoms with Crippen LogP contribution in [0.2, 0.25) is 0 Å². The molecule has 0 saturated heterocycles. The predicted octanol–water partition coefficient (Wildman–Crippen LogP) is 3.91. The summed E-state index contributed by atoms with van der Waals surface area (Å²) in [5.74, 6) is 0.0481. The van der Waals surface area contributed by atoms with E-state index < -0.39 is 0 Å². The first-order valence-corrected chi connectivity index (χ1v) is 8.46. The van der Waals surface area contributed by atoms with E-state index in [9.17, 15) is 9.59 Å². The van der Waals surface area contributed by atoms with E-state index in [1.165, 1.54) is 13.1 Å². The third-order valence-corrected chi connectivity index (χ3v) is 3.78. The Morgan fingerprint density at radius 3 is 2.46 bits per heavy atom. The van der Waals surface area contributed by atoms with Crippen molar-refractivity contribution < 1.29 is 9.59 Å². The lowest BCUT2D eigenvalue weighted by atomic mass is 10.2. The number of benzene rings is 2. The van der Waals surface area contributed by atoms with Crippen LogP contribution in [0.5, 0.6) is 0 Å². The van der Waals surface area contributed by atoms with E-state index in [2.05, 4.69) is 20.9 Å². The second-order valence-electron chi connectivity index (χ2n) is 5.93. The summed E-state index contributed by atoms with van der Waals surface area (Å²) in [5.41, 5.74) is 2.63. The fourth-order valence-electron chi connectivity index (χ4n) is 2.51. The van der Waals surface area contributed by atoms with Crippen molar-refractivity contribution in [2.45, 2.75) is 6.92 Å². The second kappa shape index (κ2) is 8.47. The number of anilines is 4.